The Kier molecular flexibility index (Phi) is 4.00. The molecule has 0 aromatic heterocycles. The topological polar surface area (TPSA) is 12.0 Å². The Bertz CT molecular complexity index is 287. The molecule has 0 aliphatic carbocycles. The summed E-state index contributed by atoms with van der Waals surface area (Å²) in [6.45, 7) is 3.02. The average molecular weight is 196 g/mol. The molecule has 0 spiro atoms. The Hall–Kier alpha value is -0.790. The van der Waals surface area contributed by atoms with Gasteiger partial charge in [0.1, 0.15) is 0 Å². The van der Waals surface area contributed by atoms with Crippen LogP contribution in [0.15, 0.2) is 29.8 Å². The van der Waals surface area contributed by atoms with Crippen molar-refractivity contribution < 1.29 is 0 Å². The molecule has 0 unspecified atom stereocenters. The fraction of sp³-hybridized carbons (Fsp3) is 0.273. The minimum atomic E-state index is 0.781. The Morgan fingerprint density at radius 1 is 1.38 bits per heavy atom. The van der Waals surface area contributed by atoms with Crippen LogP contribution in [-0.4, -0.2) is 13.6 Å². The van der Waals surface area contributed by atoms with Gasteiger partial charge in [-0.15, -0.1) is 0 Å². The fourth-order valence-corrected chi connectivity index (χ4v) is 1.30. The Morgan fingerprint density at radius 3 is 2.54 bits per heavy atom. The molecule has 0 aliphatic rings. The molecular formula is C11H14ClN. The molecule has 1 N–H and O–H groups in total. The highest BCUT2D eigenvalue weighted by Gasteiger charge is 1.90. The van der Waals surface area contributed by atoms with Crippen LogP contribution in [0.3, 0.4) is 0 Å². The molecular weight excluding hydrogens is 182 g/mol. The molecule has 0 saturated carbocycles. The van der Waals surface area contributed by atoms with Crippen LogP contribution in [0.4, 0.5) is 0 Å². The molecule has 0 fully saturated rings. The second-order valence-corrected chi connectivity index (χ2v) is 3.51. The largest absolute Gasteiger partial charge is 0.316 e. The minimum absolute atomic E-state index is 0.781. The summed E-state index contributed by atoms with van der Waals surface area (Å²) < 4.78 is 0. The van der Waals surface area contributed by atoms with E-state index in [0.29, 0.717) is 0 Å². The van der Waals surface area contributed by atoms with E-state index in [4.69, 9.17) is 11.6 Å². The monoisotopic (exact) mass is 195 g/mol. The molecule has 0 heterocycles. The molecule has 1 aromatic carbocycles. The van der Waals surface area contributed by atoms with Gasteiger partial charge >= 0.3 is 0 Å². The molecule has 70 valence electrons. The van der Waals surface area contributed by atoms with Crippen molar-refractivity contribution in [3.63, 3.8) is 0 Å². The van der Waals surface area contributed by atoms with Crippen molar-refractivity contribution in [1.82, 2.24) is 5.32 Å². The number of halogens is 1. The van der Waals surface area contributed by atoms with Crippen LogP contribution in [0.5, 0.6) is 0 Å². The smallest absolute Gasteiger partial charge is 0.0406 e. The normalized spacial score (nSPS) is 11.8. The maximum absolute atomic E-state index is 5.78. The summed E-state index contributed by atoms with van der Waals surface area (Å²) >= 11 is 5.78. The first-order chi connectivity index (χ1) is 6.22. The molecule has 1 rings (SSSR count). The third-order valence-corrected chi connectivity index (χ3v) is 1.99. The summed E-state index contributed by atoms with van der Waals surface area (Å²) in [7, 11) is 1.94. The van der Waals surface area contributed by atoms with E-state index in [1.165, 1.54) is 11.1 Å². The van der Waals surface area contributed by atoms with E-state index in [1.807, 2.05) is 31.3 Å². The Morgan fingerprint density at radius 2 is 2.00 bits per heavy atom. The van der Waals surface area contributed by atoms with Gasteiger partial charge in [0.15, 0.2) is 0 Å². The van der Waals surface area contributed by atoms with Crippen LogP contribution in [-0.2, 0) is 0 Å². The third-order valence-electron chi connectivity index (χ3n) is 1.74. The van der Waals surface area contributed by atoms with Gasteiger partial charge in [-0.25, -0.2) is 0 Å². The number of benzene rings is 1. The van der Waals surface area contributed by atoms with Gasteiger partial charge in [-0.1, -0.05) is 35.4 Å². The van der Waals surface area contributed by atoms with Gasteiger partial charge in [0.05, 0.1) is 0 Å². The molecule has 0 bridgehead atoms. The number of rotatable bonds is 3. The predicted molar refractivity (Wildman–Crippen MR) is 59.0 cm³/mol. The molecule has 0 saturated heterocycles. The van der Waals surface area contributed by atoms with Crippen molar-refractivity contribution >= 4 is 17.7 Å². The number of hydrogen-bond acceptors (Lipinski definition) is 1. The van der Waals surface area contributed by atoms with E-state index in [0.717, 1.165) is 11.6 Å². The van der Waals surface area contributed by atoms with Gasteiger partial charge in [0.25, 0.3) is 0 Å². The standard InChI is InChI=1S/C11H14ClN/c1-9(8-13-2)7-10-3-5-11(12)6-4-10/h3-7,13H,8H2,1-2H3/b9-7+. The van der Waals surface area contributed by atoms with E-state index in [2.05, 4.69) is 18.3 Å². The van der Waals surface area contributed by atoms with Crippen LogP contribution in [0, 0.1) is 0 Å². The summed E-state index contributed by atoms with van der Waals surface area (Å²) in [5.74, 6) is 0. The van der Waals surface area contributed by atoms with E-state index in [-0.39, 0.29) is 0 Å². The number of hydrogen-bond donors (Lipinski definition) is 1. The maximum Gasteiger partial charge on any atom is 0.0406 e. The van der Waals surface area contributed by atoms with E-state index in [1.54, 1.807) is 0 Å². The second-order valence-electron chi connectivity index (χ2n) is 3.07. The molecule has 0 amide bonds. The lowest BCUT2D eigenvalue weighted by Gasteiger charge is -1.99. The van der Waals surface area contributed by atoms with E-state index < -0.39 is 0 Å². The first kappa shape index (κ1) is 10.3. The van der Waals surface area contributed by atoms with Gasteiger partial charge in [-0.2, -0.15) is 0 Å². The van der Waals surface area contributed by atoms with Crippen LogP contribution >= 0.6 is 11.6 Å². The molecule has 0 radical (unpaired) electrons. The van der Waals surface area contributed by atoms with Crippen LogP contribution in [0.1, 0.15) is 12.5 Å². The highest BCUT2D eigenvalue weighted by molar-refractivity contribution is 6.30. The molecule has 1 aromatic rings. The molecule has 0 atom stereocenters. The first-order valence-corrected chi connectivity index (χ1v) is 4.67. The van der Waals surface area contributed by atoms with Crippen molar-refractivity contribution in [2.75, 3.05) is 13.6 Å². The lowest BCUT2D eigenvalue weighted by molar-refractivity contribution is 0.884. The Balaban J connectivity index is 2.73. The van der Waals surface area contributed by atoms with Gasteiger partial charge in [-0.05, 0) is 31.7 Å². The van der Waals surface area contributed by atoms with Gasteiger partial charge < -0.3 is 5.32 Å². The predicted octanol–water partition coefficient (Wildman–Crippen LogP) is 2.96. The third kappa shape index (κ3) is 3.62. The summed E-state index contributed by atoms with van der Waals surface area (Å²) in [6.07, 6.45) is 2.15. The van der Waals surface area contributed by atoms with Crippen molar-refractivity contribution in [3.05, 3.63) is 40.4 Å². The van der Waals surface area contributed by atoms with Gasteiger partial charge in [-0.3, -0.25) is 0 Å². The molecule has 2 heteroatoms. The van der Waals surface area contributed by atoms with E-state index in [9.17, 15) is 0 Å². The maximum atomic E-state index is 5.78. The zero-order valence-corrected chi connectivity index (χ0v) is 8.73. The van der Waals surface area contributed by atoms with E-state index >= 15 is 0 Å². The second kappa shape index (κ2) is 5.05. The lowest BCUT2D eigenvalue weighted by Crippen LogP contribution is -2.08. The zero-order valence-electron chi connectivity index (χ0n) is 7.97. The van der Waals surface area contributed by atoms with Crippen LogP contribution < -0.4 is 5.32 Å². The quantitative estimate of drug-likeness (QED) is 0.782. The minimum Gasteiger partial charge on any atom is -0.316 e. The van der Waals surface area contributed by atoms with Gasteiger partial charge in [0.2, 0.25) is 0 Å². The number of likely N-dealkylation sites (N-methyl/N-ethyl adjacent to an activating group) is 1. The van der Waals surface area contributed by atoms with Crippen molar-refractivity contribution in [2.24, 2.45) is 0 Å². The molecule has 1 nitrogen and oxygen atoms in total. The summed E-state index contributed by atoms with van der Waals surface area (Å²) in [4.78, 5) is 0. The zero-order chi connectivity index (χ0) is 9.68. The summed E-state index contributed by atoms with van der Waals surface area (Å²) in [5, 5.41) is 3.89. The fourth-order valence-electron chi connectivity index (χ4n) is 1.17. The van der Waals surface area contributed by atoms with Crippen molar-refractivity contribution in [3.8, 4) is 0 Å². The number of nitrogens with one attached hydrogen (secondary N) is 1. The summed E-state index contributed by atoms with van der Waals surface area (Å²) in [6, 6.07) is 7.84. The van der Waals surface area contributed by atoms with Crippen molar-refractivity contribution in [2.45, 2.75) is 6.92 Å². The summed E-state index contributed by atoms with van der Waals surface area (Å²) in [5.41, 5.74) is 2.50. The highest BCUT2D eigenvalue weighted by atomic mass is 35.5. The molecule has 0 aliphatic heterocycles. The van der Waals surface area contributed by atoms with Crippen molar-refractivity contribution in [1.29, 1.82) is 0 Å². The first-order valence-electron chi connectivity index (χ1n) is 4.29. The SMILES string of the molecule is CNC/C(C)=C/c1ccc(Cl)cc1. The van der Waals surface area contributed by atoms with Gasteiger partial charge in [0, 0.05) is 11.6 Å². The molecule has 13 heavy (non-hydrogen) atoms. The van der Waals surface area contributed by atoms with Crippen LogP contribution in [0.2, 0.25) is 5.02 Å². The van der Waals surface area contributed by atoms with Crippen LogP contribution in [0.25, 0.3) is 6.08 Å². The highest BCUT2D eigenvalue weighted by Crippen LogP contribution is 2.11. The lowest BCUT2D eigenvalue weighted by atomic mass is 10.1. The Labute approximate surface area is 84.4 Å². The average Bonchev–Trinajstić information content (AvgIpc) is 2.09.